The van der Waals surface area contributed by atoms with Gasteiger partial charge in [-0.15, -0.1) is 0 Å². The monoisotopic (exact) mass is 370 g/mol. The number of anilines is 1. The second-order valence-corrected chi connectivity index (χ2v) is 7.30. The third-order valence-electron chi connectivity index (χ3n) is 4.83. The number of rotatable bonds is 3. The lowest BCUT2D eigenvalue weighted by atomic mass is 10.1. The standard InChI is InChI=1S/C24H22N2O2/c1-14-6-5-7-18(11-14)23(27)25-20-13-19(9-8-16(20)3)24-26-21-12-15(2)10-17(4)22(21)28-24/h5-13H,1-4H3,(H,25,27). The molecule has 1 amide bonds. The normalized spacial score (nSPS) is 11.0. The molecule has 0 atom stereocenters. The summed E-state index contributed by atoms with van der Waals surface area (Å²) in [4.78, 5) is 17.3. The van der Waals surface area contributed by atoms with Gasteiger partial charge in [-0.3, -0.25) is 4.79 Å². The fraction of sp³-hybridized carbons (Fsp3) is 0.167. The predicted molar refractivity (Wildman–Crippen MR) is 113 cm³/mol. The lowest BCUT2D eigenvalue weighted by molar-refractivity contribution is 0.102. The van der Waals surface area contributed by atoms with Crippen molar-refractivity contribution in [3.05, 3.63) is 82.4 Å². The first kappa shape index (κ1) is 18.0. The summed E-state index contributed by atoms with van der Waals surface area (Å²) in [5, 5.41) is 3.01. The second kappa shape index (κ2) is 6.97. The van der Waals surface area contributed by atoms with Gasteiger partial charge < -0.3 is 9.73 Å². The molecule has 0 spiro atoms. The summed E-state index contributed by atoms with van der Waals surface area (Å²) in [6.07, 6.45) is 0. The minimum Gasteiger partial charge on any atom is -0.436 e. The first-order valence-electron chi connectivity index (χ1n) is 9.27. The highest BCUT2D eigenvalue weighted by molar-refractivity contribution is 6.05. The number of nitrogens with one attached hydrogen (secondary N) is 1. The molecule has 0 aliphatic rings. The van der Waals surface area contributed by atoms with Crippen LogP contribution in [0.2, 0.25) is 0 Å². The molecule has 4 heteroatoms. The Morgan fingerprint density at radius 3 is 2.50 bits per heavy atom. The number of benzene rings is 3. The van der Waals surface area contributed by atoms with Crippen LogP contribution in [0.15, 0.2) is 59.0 Å². The number of fused-ring (bicyclic) bond motifs is 1. The van der Waals surface area contributed by atoms with E-state index in [1.54, 1.807) is 0 Å². The minimum atomic E-state index is -0.131. The van der Waals surface area contributed by atoms with E-state index in [0.29, 0.717) is 11.5 Å². The van der Waals surface area contributed by atoms with Gasteiger partial charge in [0, 0.05) is 16.8 Å². The van der Waals surface area contributed by atoms with Crippen molar-refractivity contribution >= 4 is 22.7 Å². The molecular formula is C24H22N2O2. The van der Waals surface area contributed by atoms with E-state index in [0.717, 1.165) is 44.6 Å². The van der Waals surface area contributed by atoms with Crippen LogP contribution in [0.25, 0.3) is 22.6 Å². The highest BCUT2D eigenvalue weighted by Gasteiger charge is 2.14. The highest BCUT2D eigenvalue weighted by atomic mass is 16.3. The fourth-order valence-corrected chi connectivity index (χ4v) is 3.37. The molecule has 4 nitrogen and oxygen atoms in total. The Morgan fingerprint density at radius 2 is 1.71 bits per heavy atom. The number of aryl methyl sites for hydroxylation is 4. The second-order valence-electron chi connectivity index (χ2n) is 7.30. The van der Waals surface area contributed by atoms with Crippen molar-refractivity contribution in [2.45, 2.75) is 27.7 Å². The van der Waals surface area contributed by atoms with Gasteiger partial charge in [0.15, 0.2) is 5.58 Å². The molecule has 3 aromatic carbocycles. The van der Waals surface area contributed by atoms with E-state index in [2.05, 4.69) is 16.4 Å². The number of hydrogen-bond donors (Lipinski definition) is 1. The highest BCUT2D eigenvalue weighted by Crippen LogP contribution is 2.30. The lowest BCUT2D eigenvalue weighted by Crippen LogP contribution is -2.13. The molecule has 0 saturated carbocycles. The third-order valence-corrected chi connectivity index (χ3v) is 4.83. The van der Waals surface area contributed by atoms with E-state index in [4.69, 9.17) is 4.42 Å². The Bertz CT molecular complexity index is 1200. The summed E-state index contributed by atoms with van der Waals surface area (Å²) in [5.74, 6) is 0.419. The quantitative estimate of drug-likeness (QED) is 0.482. The Hall–Kier alpha value is -3.40. The molecule has 4 rings (SSSR count). The van der Waals surface area contributed by atoms with Crippen LogP contribution in [-0.4, -0.2) is 10.9 Å². The zero-order valence-electron chi connectivity index (χ0n) is 16.5. The van der Waals surface area contributed by atoms with Gasteiger partial charge in [0.25, 0.3) is 5.91 Å². The van der Waals surface area contributed by atoms with Crippen molar-refractivity contribution in [2.24, 2.45) is 0 Å². The van der Waals surface area contributed by atoms with Crippen molar-refractivity contribution in [2.75, 3.05) is 5.32 Å². The van der Waals surface area contributed by atoms with E-state index < -0.39 is 0 Å². The molecule has 0 unspecified atom stereocenters. The Kier molecular flexibility index (Phi) is 4.47. The molecule has 0 fully saturated rings. The van der Waals surface area contributed by atoms with Crippen molar-refractivity contribution < 1.29 is 9.21 Å². The van der Waals surface area contributed by atoms with Gasteiger partial charge in [-0.05, 0) is 74.7 Å². The summed E-state index contributed by atoms with van der Waals surface area (Å²) in [5.41, 5.74) is 8.11. The van der Waals surface area contributed by atoms with E-state index in [9.17, 15) is 4.79 Å². The van der Waals surface area contributed by atoms with Gasteiger partial charge in [0.1, 0.15) is 5.52 Å². The molecular weight excluding hydrogens is 348 g/mol. The number of amides is 1. The Labute approximate surface area is 164 Å². The zero-order valence-corrected chi connectivity index (χ0v) is 16.5. The van der Waals surface area contributed by atoms with E-state index in [1.807, 2.05) is 76.2 Å². The maximum Gasteiger partial charge on any atom is 0.255 e. The van der Waals surface area contributed by atoms with Gasteiger partial charge >= 0.3 is 0 Å². The van der Waals surface area contributed by atoms with Gasteiger partial charge in [0.05, 0.1) is 0 Å². The fourth-order valence-electron chi connectivity index (χ4n) is 3.37. The Balaban J connectivity index is 1.69. The third kappa shape index (κ3) is 3.41. The first-order chi connectivity index (χ1) is 13.4. The van der Waals surface area contributed by atoms with Crippen LogP contribution in [0.1, 0.15) is 32.6 Å². The number of aromatic nitrogens is 1. The molecule has 140 valence electrons. The molecule has 0 bridgehead atoms. The lowest BCUT2D eigenvalue weighted by Gasteiger charge is -2.10. The summed E-state index contributed by atoms with van der Waals surface area (Å²) in [6, 6.07) is 17.5. The van der Waals surface area contributed by atoms with Crippen LogP contribution in [-0.2, 0) is 0 Å². The van der Waals surface area contributed by atoms with E-state index in [-0.39, 0.29) is 5.91 Å². The van der Waals surface area contributed by atoms with Gasteiger partial charge in [-0.25, -0.2) is 4.98 Å². The summed E-state index contributed by atoms with van der Waals surface area (Å²) >= 11 is 0. The molecule has 28 heavy (non-hydrogen) atoms. The average molecular weight is 370 g/mol. The van der Waals surface area contributed by atoms with Crippen molar-refractivity contribution in [1.82, 2.24) is 4.98 Å². The predicted octanol–water partition coefficient (Wildman–Crippen LogP) is 5.98. The van der Waals surface area contributed by atoms with Crippen molar-refractivity contribution in [1.29, 1.82) is 0 Å². The molecule has 0 aliphatic heterocycles. The number of nitrogens with zero attached hydrogens (tertiary/aromatic N) is 1. The maximum atomic E-state index is 12.6. The number of oxazole rings is 1. The molecule has 1 aromatic heterocycles. The first-order valence-corrected chi connectivity index (χ1v) is 9.27. The molecule has 0 aliphatic carbocycles. The van der Waals surface area contributed by atoms with Gasteiger partial charge in [-0.1, -0.05) is 29.8 Å². The minimum absolute atomic E-state index is 0.131. The molecule has 1 heterocycles. The van der Waals surface area contributed by atoms with Gasteiger partial charge in [0.2, 0.25) is 5.89 Å². The summed E-state index contributed by atoms with van der Waals surface area (Å²) < 4.78 is 6.02. The summed E-state index contributed by atoms with van der Waals surface area (Å²) in [6.45, 7) is 8.01. The molecule has 0 radical (unpaired) electrons. The number of carbonyl (C=O) groups excluding carboxylic acids is 1. The van der Waals surface area contributed by atoms with Crippen LogP contribution < -0.4 is 5.32 Å². The molecule has 0 saturated heterocycles. The average Bonchev–Trinajstić information content (AvgIpc) is 3.08. The van der Waals surface area contributed by atoms with Crippen LogP contribution >= 0.6 is 0 Å². The molecule has 1 N–H and O–H groups in total. The van der Waals surface area contributed by atoms with Crippen LogP contribution in [0, 0.1) is 27.7 Å². The smallest absolute Gasteiger partial charge is 0.255 e. The largest absolute Gasteiger partial charge is 0.436 e. The summed E-state index contributed by atoms with van der Waals surface area (Å²) in [7, 11) is 0. The van der Waals surface area contributed by atoms with Crippen molar-refractivity contribution in [3.8, 4) is 11.5 Å². The maximum absolute atomic E-state index is 12.6. The topological polar surface area (TPSA) is 55.1 Å². The zero-order chi connectivity index (χ0) is 19.8. The number of hydrogen-bond acceptors (Lipinski definition) is 3. The SMILES string of the molecule is Cc1cccc(C(=O)Nc2cc(-c3nc4cc(C)cc(C)c4o3)ccc2C)c1. The van der Waals surface area contributed by atoms with Gasteiger partial charge in [-0.2, -0.15) is 0 Å². The van der Waals surface area contributed by atoms with Crippen LogP contribution in [0.3, 0.4) is 0 Å². The van der Waals surface area contributed by atoms with E-state index >= 15 is 0 Å². The van der Waals surface area contributed by atoms with Crippen LogP contribution in [0.5, 0.6) is 0 Å². The number of carbonyl (C=O) groups is 1. The van der Waals surface area contributed by atoms with Crippen LogP contribution in [0.4, 0.5) is 5.69 Å². The van der Waals surface area contributed by atoms with E-state index in [1.165, 1.54) is 0 Å². The molecule has 4 aromatic rings. The van der Waals surface area contributed by atoms with Crippen molar-refractivity contribution in [3.63, 3.8) is 0 Å². The Morgan fingerprint density at radius 1 is 0.893 bits per heavy atom.